The van der Waals surface area contributed by atoms with Gasteiger partial charge < -0.3 is 9.67 Å². The maximum Gasteiger partial charge on any atom is 0.123 e. The molecule has 1 aromatic heterocycles. The summed E-state index contributed by atoms with van der Waals surface area (Å²) < 4.78 is 2.21. The Hall–Kier alpha value is -2.43. The van der Waals surface area contributed by atoms with Crippen LogP contribution in [0.1, 0.15) is 35.0 Å². The Bertz CT molecular complexity index is 843. The van der Waals surface area contributed by atoms with E-state index in [1.54, 1.807) is 0 Å². The number of aliphatic hydroxyl groups excluding tert-OH is 1. The molecular formula is C22H25N3O. The van der Waals surface area contributed by atoms with Gasteiger partial charge in [0.25, 0.3) is 0 Å². The minimum Gasteiger partial charge on any atom is -0.395 e. The number of aliphatic hydroxyl groups is 1. The van der Waals surface area contributed by atoms with E-state index in [9.17, 15) is 5.11 Å². The van der Waals surface area contributed by atoms with Gasteiger partial charge in [-0.2, -0.15) is 0 Å². The SMILES string of the molecule is OCCN(Cc1nccn1Cc1ccccc1)C1CCc2ccccc21. The summed E-state index contributed by atoms with van der Waals surface area (Å²) in [5.41, 5.74) is 4.11. The lowest BCUT2D eigenvalue weighted by Crippen LogP contribution is -2.31. The van der Waals surface area contributed by atoms with E-state index in [2.05, 4.69) is 63.0 Å². The number of aryl methyl sites for hydroxylation is 1. The Balaban J connectivity index is 1.54. The molecule has 26 heavy (non-hydrogen) atoms. The molecule has 0 spiro atoms. The van der Waals surface area contributed by atoms with Gasteiger partial charge >= 0.3 is 0 Å². The van der Waals surface area contributed by atoms with Gasteiger partial charge in [-0.1, -0.05) is 54.6 Å². The summed E-state index contributed by atoms with van der Waals surface area (Å²) in [5, 5.41) is 9.61. The van der Waals surface area contributed by atoms with Crippen LogP contribution in [-0.2, 0) is 19.5 Å². The number of nitrogens with zero attached hydrogens (tertiary/aromatic N) is 3. The molecule has 0 saturated heterocycles. The van der Waals surface area contributed by atoms with E-state index in [1.165, 1.54) is 16.7 Å². The van der Waals surface area contributed by atoms with Crippen LogP contribution in [0.3, 0.4) is 0 Å². The zero-order valence-electron chi connectivity index (χ0n) is 15.0. The molecule has 1 atom stereocenters. The van der Waals surface area contributed by atoms with Gasteiger partial charge in [-0.15, -0.1) is 0 Å². The van der Waals surface area contributed by atoms with Crippen LogP contribution in [0.25, 0.3) is 0 Å². The minimum atomic E-state index is 0.165. The first-order valence-corrected chi connectivity index (χ1v) is 9.32. The first-order chi connectivity index (χ1) is 12.8. The first-order valence-electron chi connectivity index (χ1n) is 9.32. The van der Waals surface area contributed by atoms with Crippen LogP contribution in [0.2, 0.25) is 0 Å². The molecule has 1 N–H and O–H groups in total. The van der Waals surface area contributed by atoms with Crippen molar-refractivity contribution in [3.63, 3.8) is 0 Å². The van der Waals surface area contributed by atoms with Gasteiger partial charge in [-0.3, -0.25) is 4.90 Å². The third-order valence-corrected chi connectivity index (χ3v) is 5.27. The van der Waals surface area contributed by atoms with Crippen LogP contribution in [0.4, 0.5) is 0 Å². The second-order valence-electron chi connectivity index (χ2n) is 6.90. The van der Waals surface area contributed by atoms with Crippen LogP contribution >= 0.6 is 0 Å². The molecule has 1 unspecified atom stereocenters. The molecule has 0 bridgehead atoms. The van der Waals surface area contributed by atoms with Gasteiger partial charge in [-0.25, -0.2) is 4.98 Å². The third kappa shape index (κ3) is 3.57. The largest absolute Gasteiger partial charge is 0.395 e. The third-order valence-electron chi connectivity index (χ3n) is 5.27. The zero-order chi connectivity index (χ0) is 17.8. The first kappa shape index (κ1) is 17.0. The van der Waals surface area contributed by atoms with Crippen LogP contribution < -0.4 is 0 Å². The van der Waals surface area contributed by atoms with Crippen molar-refractivity contribution in [2.45, 2.75) is 32.0 Å². The average Bonchev–Trinajstić information content (AvgIpc) is 3.29. The van der Waals surface area contributed by atoms with E-state index >= 15 is 0 Å². The molecule has 4 nitrogen and oxygen atoms in total. The van der Waals surface area contributed by atoms with Crippen molar-refractivity contribution in [3.8, 4) is 0 Å². The highest BCUT2D eigenvalue weighted by atomic mass is 16.3. The van der Waals surface area contributed by atoms with Crippen molar-refractivity contribution in [1.29, 1.82) is 0 Å². The highest BCUT2D eigenvalue weighted by Gasteiger charge is 2.28. The van der Waals surface area contributed by atoms with Crippen molar-refractivity contribution in [2.24, 2.45) is 0 Å². The van der Waals surface area contributed by atoms with Gasteiger partial charge in [0.1, 0.15) is 5.82 Å². The molecule has 4 rings (SSSR count). The Morgan fingerprint density at radius 2 is 1.88 bits per heavy atom. The molecule has 4 heteroatoms. The molecule has 0 saturated carbocycles. The molecule has 0 radical (unpaired) electrons. The standard InChI is InChI=1S/C22H25N3O/c26-15-14-24(21-11-10-19-8-4-5-9-20(19)21)17-22-23-12-13-25(22)16-18-6-2-1-3-7-18/h1-9,12-13,21,26H,10-11,14-17H2. The quantitative estimate of drug-likeness (QED) is 0.712. The normalized spacial score (nSPS) is 16.2. The van der Waals surface area contributed by atoms with Crippen molar-refractivity contribution in [3.05, 3.63) is 89.5 Å². The Morgan fingerprint density at radius 3 is 2.73 bits per heavy atom. The predicted octanol–water partition coefficient (Wildman–Crippen LogP) is 3.41. The summed E-state index contributed by atoms with van der Waals surface area (Å²) in [6.45, 7) is 2.40. The second kappa shape index (κ2) is 7.85. The maximum absolute atomic E-state index is 9.61. The number of hydrogen-bond acceptors (Lipinski definition) is 3. The molecule has 3 aromatic rings. The van der Waals surface area contributed by atoms with E-state index in [0.29, 0.717) is 12.6 Å². The summed E-state index contributed by atoms with van der Waals surface area (Å²) >= 11 is 0. The lowest BCUT2D eigenvalue weighted by atomic mass is 10.1. The fourth-order valence-electron chi connectivity index (χ4n) is 3.98. The molecule has 0 fully saturated rings. The summed E-state index contributed by atoms with van der Waals surface area (Å²) in [6.07, 6.45) is 6.14. The van der Waals surface area contributed by atoms with Crippen LogP contribution in [0, 0.1) is 0 Å². The predicted molar refractivity (Wildman–Crippen MR) is 103 cm³/mol. The Kier molecular flexibility index (Phi) is 5.14. The van der Waals surface area contributed by atoms with E-state index in [0.717, 1.165) is 31.8 Å². The Morgan fingerprint density at radius 1 is 1.08 bits per heavy atom. The van der Waals surface area contributed by atoms with Gasteiger partial charge in [0.15, 0.2) is 0 Å². The molecule has 0 amide bonds. The molecular weight excluding hydrogens is 322 g/mol. The smallest absolute Gasteiger partial charge is 0.123 e. The highest BCUT2D eigenvalue weighted by molar-refractivity contribution is 5.34. The summed E-state index contributed by atoms with van der Waals surface area (Å²) in [6, 6.07) is 19.5. The fourth-order valence-corrected chi connectivity index (χ4v) is 3.98. The highest BCUT2D eigenvalue weighted by Crippen LogP contribution is 2.36. The lowest BCUT2D eigenvalue weighted by Gasteiger charge is -2.29. The summed E-state index contributed by atoms with van der Waals surface area (Å²) in [7, 11) is 0. The van der Waals surface area contributed by atoms with E-state index in [4.69, 9.17) is 0 Å². The zero-order valence-corrected chi connectivity index (χ0v) is 15.0. The monoisotopic (exact) mass is 347 g/mol. The number of fused-ring (bicyclic) bond motifs is 1. The molecule has 2 aromatic carbocycles. The molecule has 134 valence electrons. The van der Waals surface area contributed by atoms with Crippen molar-refractivity contribution in [2.75, 3.05) is 13.2 Å². The number of imidazole rings is 1. The van der Waals surface area contributed by atoms with E-state index < -0.39 is 0 Å². The fraction of sp³-hybridized carbons (Fsp3) is 0.318. The van der Waals surface area contributed by atoms with Gasteiger partial charge in [0.2, 0.25) is 0 Å². The van der Waals surface area contributed by atoms with Crippen LogP contribution in [-0.4, -0.2) is 32.7 Å². The minimum absolute atomic E-state index is 0.165. The molecule has 1 aliphatic carbocycles. The summed E-state index contributed by atoms with van der Waals surface area (Å²) in [4.78, 5) is 6.97. The average molecular weight is 347 g/mol. The van der Waals surface area contributed by atoms with E-state index in [-0.39, 0.29) is 6.61 Å². The van der Waals surface area contributed by atoms with Crippen molar-refractivity contribution < 1.29 is 5.11 Å². The van der Waals surface area contributed by atoms with Crippen molar-refractivity contribution in [1.82, 2.24) is 14.5 Å². The molecule has 1 aliphatic rings. The van der Waals surface area contributed by atoms with Crippen LogP contribution in [0.15, 0.2) is 67.0 Å². The van der Waals surface area contributed by atoms with Gasteiger partial charge in [-0.05, 0) is 29.5 Å². The summed E-state index contributed by atoms with van der Waals surface area (Å²) in [5.74, 6) is 1.05. The molecule has 0 aliphatic heterocycles. The maximum atomic E-state index is 9.61. The Labute approximate surface area is 154 Å². The van der Waals surface area contributed by atoms with E-state index in [1.807, 2.05) is 18.5 Å². The molecule has 1 heterocycles. The van der Waals surface area contributed by atoms with Crippen molar-refractivity contribution >= 4 is 0 Å². The van der Waals surface area contributed by atoms with Gasteiger partial charge in [0, 0.05) is 31.5 Å². The second-order valence-corrected chi connectivity index (χ2v) is 6.90. The number of hydrogen-bond donors (Lipinski definition) is 1. The van der Waals surface area contributed by atoms with Gasteiger partial charge in [0.05, 0.1) is 13.2 Å². The number of benzene rings is 2. The lowest BCUT2D eigenvalue weighted by molar-refractivity contribution is 0.138. The topological polar surface area (TPSA) is 41.3 Å². The number of aromatic nitrogens is 2. The van der Waals surface area contributed by atoms with Crippen LogP contribution in [0.5, 0.6) is 0 Å². The number of rotatable bonds is 7.